The molecule has 0 saturated carbocycles. The van der Waals surface area contributed by atoms with Gasteiger partial charge in [-0.3, -0.25) is 4.79 Å². The number of carbonyl (C=O) groups excluding carboxylic acids is 1. The molecule has 2 nitrogen and oxygen atoms in total. The first-order chi connectivity index (χ1) is 11.8. The van der Waals surface area contributed by atoms with Crippen molar-refractivity contribution in [1.29, 1.82) is 0 Å². The van der Waals surface area contributed by atoms with Crippen LogP contribution in [0.3, 0.4) is 0 Å². The molecule has 0 aliphatic heterocycles. The summed E-state index contributed by atoms with van der Waals surface area (Å²) in [5.41, 5.74) is 3.11. The van der Waals surface area contributed by atoms with Gasteiger partial charge in [-0.15, -0.1) is 0 Å². The van der Waals surface area contributed by atoms with Crippen molar-refractivity contribution in [3.63, 3.8) is 0 Å². The standard InChI is InChI=1S/C22H21NO/c24-22(21-15-9-16-21)23(18-20-13-5-2-6-14-20)17-8-7-12-19-10-3-1-4-11-19/h1-6,10-11,13-15H,8-9,16-18H2. The van der Waals surface area contributed by atoms with E-state index in [1.54, 1.807) is 0 Å². The summed E-state index contributed by atoms with van der Waals surface area (Å²) in [6.07, 6.45) is 4.64. The fourth-order valence-electron chi connectivity index (χ4n) is 2.62. The highest BCUT2D eigenvalue weighted by Crippen LogP contribution is 2.21. The van der Waals surface area contributed by atoms with Gasteiger partial charge >= 0.3 is 0 Å². The molecule has 2 aromatic rings. The van der Waals surface area contributed by atoms with E-state index in [-0.39, 0.29) is 5.91 Å². The molecule has 120 valence electrons. The minimum Gasteiger partial charge on any atom is -0.334 e. The minimum atomic E-state index is 0.159. The quantitative estimate of drug-likeness (QED) is 0.758. The normalized spacial score (nSPS) is 12.4. The number of rotatable bonds is 5. The third-order valence-electron chi connectivity index (χ3n) is 4.10. The fraction of sp³-hybridized carbons (Fsp3) is 0.227. The Balaban J connectivity index is 1.64. The highest BCUT2D eigenvalue weighted by molar-refractivity contribution is 5.94. The molecule has 0 radical (unpaired) electrons. The fourth-order valence-corrected chi connectivity index (χ4v) is 2.62. The molecule has 0 spiro atoms. The van der Waals surface area contributed by atoms with Crippen LogP contribution in [0.25, 0.3) is 0 Å². The molecule has 0 N–H and O–H groups in total. The summed E-state index contributed by atoms with van der Waals surface area (Å²) in [5, 5.41) is 0. The Bertz CT molecular complexity index is 766. The molecule has 0 fully saturated rings. The molecule has 0 saturated heterocycles. The Hall–Kier alpha value is -2.79. The number of amides is 1. The van der Waals surface area contributed by atoms with E-state index in [4.69, 9.17) is 0 Å². The van der Waals surface area contributed by atoms with E-state index in [1.807, 2.05) is 59.5 Å². The van der Waals surface area contributed by atoms with Gasteiger partial charge in [0.2, 0.25) is 5.91 Å². The van der Waals surface area contributed by atoms with Gasteiger partial charge in [0.05, 0.1) is 0 Å². The van der Waals surface area contributed by atoms with E-state index in [0.29, 0.717) is 19.5 Å². The van der Waals surface area contributed by atoms with Crippen LogP contribution in [0.1, 0.15) is 30.4 Å². The van der Waals surface area contributed by atoms with E-state index in [0.717, 1.165) is 29.5 Å². The van der Waals surface area contributed by atoms with Crippen LogP contribution < -0.4 is 0 Å². The van der Waals surface area contributed by atoms with E-state index < -0.39 is 0 Å². The van der Waals surface area contributed by atoms with Crippen LogP contribution in [-0.2, 0) is 11.3 Å². The molecular weight excluding hydrogens is 294 g/mol. The molecule has 0 bridgehead atoms. The summed E-state index contributed by atoms with van der Waals surface area (Å²) in [4.78, 5) is 14.5. The van der Waals surface area contributed by atoms with Gasteiger partial charge in [-0.25, -0.2) is 0 Å². The average molecular weight is 315 g/mol. The lowest BCUT2D eigenvalue weighted by molar-refractivity contribution is -0.128. The van der Waals surface area contributed by atoms with Crippen LogP contribution in [0.4, 0.5) is 0 Å². The van der Waals surface area contributed by atoms with Gasteiger partial charge in [-0.1, -0.05) is 66.4 Å². The number of hydrogen-bond acceptors (Lipinski definition) is 1. The van der Waals surface area contributed by atoms with Crippen LogP contribution in [-0.4, -0.2) is 17.4 Å². The van der Waals surface area contributed by atoms with Crippen molar-refractivity contribution in [1.82, 2.24) is 4.90 Å². The van der Waals surface area contributed by atoms with Crippen molar-refractivity contribution in [3.8, 4) is 11.8 Å². The van der Waals surface area contributed by atoms with E-state index in [1.165, 1.54) is 0 Å². The highest BCUT2D eigenvalue weighted by atomic mass is 16.2. The summed E-state index contributed by atoms with van der Waals surface area (Å²) in [6.45, 7) is 1.30. The Kier molecular flexibility index (Phi) is 5.48. The maximum absolute atomic E-state index is 12.6. The average Bonchev–Trinajstić information content (AvgIpc) is 2.58. The first-order valence-corrected chi connectivity index (χ1v) is 8.39. The lowest BCUT2D eigenvalue weighted by Crippen LogP contribution is -2.33. The van der Waals surface area contributed by atoms with Crippen LogP contribution >= 0.6 is 0 Å². The van der Waals surface area contributed by atoms with Crippen molar-refractivity contribution < 1.29 is 4.79 Å². The zero-order valence-corrected chi connectivity index (χ0v) is 13.7. The molecule has 1 aliphatic rings. The minimum absolute atomic E-state index is 0.159. The molecule has 1 amide bonds. The molecule has 0 heterocycles. The SMILES string of the molecule is O=C(C1=CCC1)N(CCC#Cc1ccccc1)Cc1ccccc1. The molecule has 2 aromatic carbocycles. The Morgan fingerprint density at radius 2 is 1.67 bits per heavy atom. The zero-order valence-electron chi connectivity index (χ0n) is 13.7. The highest BCUT2D eigenvalue weighted by Gasteiger charge is 2.21. The van der Waals surface area contributed by atoms with Gasteiger partial charge < -0.3 is 4.90 Å². The molecule has 0 atom stereocenters. The number of carbonyl (C=O) groups is 1. The van der Waals surface area contributed by atoms with E-state index in [9.17, 15) is 4.79 Å². The summed E-state index contributed by atoms with van der Waals surface area (Å²) >= 11 is 0. The van der Waals surface area contributed by atoms with E-state index >= 15 is 0 Å². The van der Waals surface area contributed by atoms with Gasteiger partial charge in [-0.05, 0) is 30.5 Å². The molecule has 0 aromatic heterocycles. The van der Waals surface area contributed by atoms with Crippen LogP contribution in [0.15, 0.2) is 72.3 Å². The number of allylic oxidation sites excluding steroid dienone is 1. The predicted octanol–water partition coefficient (Wildman–Crippen LogP) is 4.18. The molecule has 3 rings (SSSR count). The largest absolute Gasteiger partial charge is 0.334 e. The lowest BCUT2D eigenvalue weighted by Gasteiger charge is -2.25. The third kappa shape index (κ3) is 4.36. The Morgan fingerprint density at radius 1 is 1.00 bits per heavy atom. The molecule has 1 aliphatic carbocycles. The van der Waals surface area contributed by atoms with Gasteiger partial charge in [0.1, 0.15) is 0 Å². The van der Waals surface area contributed by atoms with Crippen LogP contribution in [0, 0.1) is 11.8 Å². The second kappa shape index (κ2) is 8.17. The number of hydrogen-bond donors (Lipinski definition) is 0. The van der Waals surface area contributed by atoms with Crippen molar-refractivity contribution in [2.45, 2.75) is 25.8 Å². The first-order valence-electron chi connectivity index (χ1n) is 8.39. The summed E-state index contributed by atoms with van der Waals surface area (Å²) in [7, 11) is 0. The van der Waals surface area contributed by atoms with Gasteiger partial charge in [0, 0.05) is 30.6 Å². The maximum Gasteiger partial charge on any atom is 0.249 e. The summed E-state index contributed by atoms with van der Waals surface area (Å²) in [6, 6.07) is 20.1. The zero-order chi connectivity index (χ0) is 16.6. The van der Waals surface area contributed by atoms with Crippen molar-refractivity contribution in [3.05, 3.63) is 83.4 Å². The summed E-state index contributed by atoms with van der Waals surface area (Å²) < 4.78 is 0. The second-order valence-electron chi connectivity index (χ2n) is 5.90. The molecule has 2 heteroatoms. The molecular formula is C22H21NO. The van der Waals surface area contributed by atoms with Crippen LogP contribution in [0.5, 0.6) is 0 Å². The summed E-state index contributed by atoms with van der Waals surface area (Å²) in [5.74, 6) is 6.50. The topological polar surface area (TPSA) is 20.3 Å². The Morgan fingerprint density at radius 3 is 2.29 bits per heavy atom. The van der Waals surface area contributed by atoms with Gasteiger partial charge in [-0.2, -0.15) is 0 Å². The monoisotopic (exact) mass is 315 g/mol. The third-order valence-corrected chi connectivity index (χ3v) is 4.10. The van der Waals surface area contributed by atoms with Gasteiger partial charge in [0.15, 0.2) is 0 Å². The Labute approximate surface area is 143 Å². The van der Waals surface area contributed by atoms with Gasteiger partial charge in [0.25, 0.3) is 0 Å². The number of nitrogens with zero attached hydrogens (tertiary/aromatic N) is 1. The second-order valence-corrected chi connectivity index (χ2v) is 5.90. The van der Waals surface area contributed by atoms with Crippen molar-refractivity contribution in [2.75, 3.05) is 6.54 Å². The lowest BCUT2D eigenvalue weighted by atomic mass is 9.97. The first kappa shape index (κ1) is 16.1. The maximum atomic E-state index is 12.6. The smallest absolute Gasteiger partial charge is 0.249 e. The molecule has 24 heavy (non-hydrogen) atoms. The van der Waals surface area contributed by atoms with Crippen LogP contribution in [0.2, 0.25) is 0 Å². The van der Waals surface area contributed by atoms with Crippen molar-refractivity contribution >= 4 is 5.91 Å². The number of benzene rings is 2. The predicted molar refractivity (Wildman–Crippen MR) is 97.1 cm³/mol. The van der Waals surface area contributed by atoms with E-state index in [2.05, 4.69) is 24.0 Å². The van der Waals surface area contributed by atoms with Crippen molar-refractivity contribution in [2.24, 2.45) is 0 Å². The molecule has 0 unspecified atom stereocenters.